The third-order valence-corrected chi connectivity index (χ3v) is 18.7. The molecule has 2 aromatic rings. The van der Waals surface area contributed by atoms with E-state index in [0.717, 1.165) is 16.0 Å². The Labute approximate surface area is 612 Å². The van der Waals surface area contributed by atoms with Crippen molar-refractivity contribution in [2.75, 3.05) is 59.3 Å². The molecule has 2 fully saturated rings. The Morgan fingerprint density at radius 2 is 1.47 bits per heavy atom. The SMILES string of the molecule is C=CCOC(=O)CCN(CCC(=O)N[C@H](C(=O)C[C@@H](CCC(=O)NC[C@H]1O[C@@H](OC)[C@H](O)[C@@H](O)[C@@H]1O)C(=O)CCc1ccc([C@H]2O[C@@H]2[C@@H](C)[C@H](C/C=C/C)OC(=O)[C@H](CC(C)C)OC(=O)C(C)(C)CNC(=O)C(Cc2ccc(OC)c(Cl)c2)NC=O)cc1)C(C)C)C(=O)CCC(=O)NCCS(=O)(=O)O. The second-order valence-corrected chi connectivity index (χ2v) is 29.2. The summed E-state index contributed by atoms with van der Waals surface area (Å²) in [5.74, 6) is -8.78. The maximum atomic E-state index is 14.4. The molecule has 0 aromatic heterocycles. The summed E-state index contributed by atoms with van der Waals surface area (Å²) in [4.78, 5) is 148. The summed E-state index contributed by atoms with van der Waals surface area (Å²) >= 11 is 6.29. The van der Waals surface area contributed by atoms with E-state index in [1.165, 1.54) is 20.3 Å². The Morgan fingerprint density at radius 1 is 0.798 bits per heavy atom. The van der Waals surface area contributed by atoms with Crippen LogP contribution in [-0.2, 0) is 104 Å². The van der Waals surface area contributed by atoms with Crippen molar-refractivity contribution >= 4 is 87.1 Å². The van der Waals surface area contributed by atoms with E-state index in [0.29, 0.717) is 29.2 Å². The van der Waals surface area contributed by atoms with Gasteiger partial charge in [0.2, 0.25) is 35.9 Å². The van der Waals surface area contributed by atoms with Crippen molar-refractivity contribution in [2.45, 2.75) is 200 Å². The van der Waals surface area contributed by atoms with Gasteiger partial charge in [0.05, 0.1) is 41.9 Å². The number of benzene rings is 2. The van der Waals surface area contributed by atoms with Gasteiger partial charge >= 0.3 is 17.9 Å². The first kappa shape index (κ1) is 88.6. The quantitative estimate of drug-likeness (QED) is 0.0114. The van der Waals surface area contributed by atoms with Crippen molar-refractivity contribution in [2.24, 2.45) is 29.1 Å². The molecule has 0 bridgehead atoms. The lowest BCUT2D eigenvalue weighted by Crippen LogP contribution is -2.60. The first-order valence-electron chi connectivity index (χ1n) is 34.7. The molecule has 0 radical (unpaired) electrons. The number of epoxide rings is 1. The lowest BCUT2D eigenvalue weighted by atomic mass is 9.85. The highest BCUT2D eigenvalue weighted by Crippen LogP contribution is 2.45. The number of ketones is 2. The number of ether oxygens (including phenoxy) is 7. The van der Waals surface area contributed by atoms with Gasteiger partial charge in [0.25, 0.3) is 10.1 Å². The van der Waals surface area contributed by atoms with Crippen molar-refractivity contribution in [3.8, 4) is 5.75 Å². The van der Waals surface area contributed by atoms with Crippen LogP contribution in [0.15, 0.2) is 67.3 Å². The first-order valence-corrected chi connectivity index (χ1v) is 36.7. The number of hydrogen-bond acceptors (Lipinski definition) is 23. The number of aryl methyl sites for hydroxylation is 1. The van der Waals surface area contributed by atoms with Gasteiger partial charge in [-0.3, -0.25) is 52.5 Å². The van der Waals surface area contributed by atoms with Gasteiger partial charge in [-0.2, -0.15) is 8.42 Å². The van der Waals surface area contributed by atoms with Crippen LogP contribution < -0.4 is 31.3 Å². The largest absolute Gasteiger partial charge is 0.495 e. The first-order chi connectivity index (χ1) is 49.1. The average Bonchev–Trinajstić information content (AvgIpc) is 1.62. The molecule has 2 aliphatic heterocycles. The molecule has 4 rings (SSSR count). The molecule has 6 amide bonds. The summed E-state index contributed by atoms with van der Waals surface area (Å²) < 4.78 is 70.3. The molecule has 9 N–H and O–H groups in total. The number of aliphatic hydroxyl groups excluding tert-OH is 3. The molecule has 0 saturated carbocycles. The van der Waals surface area contributed by atoms with Gasteiger partial charge in [0.15, 0.2) is 18.2 Å². The minimum absolute atomic E-state index is 0.0782. The van der Waals surface area contributed by atoms with E-state index in [4.69, 9.17) is 49.3 Å². The maximum Gasteiger partial charge on any atom is 0.347 e. The predicted molar refractivity (Wildman–Crippen MR) is 378 cm³/mol. The topological polar surface area (TPSA) is 434 Å². The van der Waals surface area contributed by atoms with Gasteiger partial charge in [-0.1, -0.05) is 101 Å². The highest BCUT2D eigenvalue weighted by molar-refractivity contribution is 7.85. The number of amides is 6. The van der Waals surface area contributed by atoms with E-state index in [-0.39, 0.29) is 102 Å². The number of allylic oxidation sites excluding steroid dienone is 1. The minimum atomic E-state index is -4.37. The summed E-state index contributed by atoms with van der Waals surface area (Å²) in [5, 5.41) is 44.3. The van der Waals surface area contributed by atoms with Crippen molar-refractivity contribution < 1.29 is 114 Å². The number of aliphatic hydroxyl groups is 3. The number of rotatable bonds is 48. The summed E-state index contributed by atoms with van der Waals surface area (Å²) in [7, 11) is -1.68. The van der Waals surface area contributed by atoms with Crippen molar-refractivity contribution in [1.29, 1.82) is 0 Å². The predicted octanol–water partition coefficient (Wildman–Crippen LogP) is 3.45. The molecule has 1 unspecified atom stereocenters. The Balaban J connectivity index is 1.45. The van der Waals surface area contributed by atoms with E-state index < -0.39 is 179 Å². The molecule has 30 nitrogen and oxygen atoms in total. The van der Waals surface area contributed by atoms with Crippen molar-refractivity contribution in [3.05, 3.63) is 89.0 Å². The van der Waals surface area contributed by atoms with Crippen LogP contribution in [0.4, 0.5) is 0 Å². The number of carbonyl (C=O) groups is 11. The lowest BCUT2D eigenvalue weighted by molar-refractivity contribution is -0.288. The van der Waals surface area contributed by atoms with Crippen LogP contribution in [0, 0.1) is 29.1 Å². The molecular weight excluding hydrogens is 1400 g/mol. The second-order valence-electron chi connectivity index (χ2n) is 27.2. The fourth-order valence-electron chi connectivity index (χ4n) is 11.3. The summed E-state index contributed by atoms with van der Waals surface area (Å²) in [6.45, 7) is 15.8. The van der Waals surface area contributed by atoms with Gasteiger partial charge in [-0.05, 0) is 80.7 Å². The van der Waals surface area contributed by atoms with Crippen LogP contribution in [-0.4, -0.2) is 219 Å². The number of halogens is 1. The number of carbonyl (C=O) groups excluding carboxylic acids is 11. The molecule has 13 atom stereocenters. The van der Waals surface area contributed by atoms with E-state index >= 15 is 0 Å². The number of nitrogens with one attached hydrogen (secondary N) is 5. The van der Waals surface area contributed by atoms with Gasteiger partial charge in [0.1, 0.15) is 60.8 Å². The van der Waals surface area contributed by atoms with Crippen molar-refractivity contribution in [3.63, 3.8) is 0 Å². The number of esters is 3. The van der Waals surface area contributed by atoms with Crippen LogP contribution in [0.1, 0.15) is 142 Å². The van der Waals surface area contributed by atoms with Gasteiger partial charge in [0, 0.05) is 103 Å². The Morgan fingerprint density at radius 3 is 2.09 bits per heavy atom. The normalized spacial score (nSPS) is 19.8. The highest BCUT2D eigenvalue weighted by Gasteiger charge is 2.48. The molecule has 2 aromatic carbocycles. The van der Waals surface area contributed by atoms with Crippen molar-refractivity contribution in [1.82, 2.24) is 31.5 Å². The van der Waals surface area contributed by atoms with Gasteiger partial charge < -0.3 is 80.0 Å². The number of nitrogens with zero attached hydrogens (tertiary/aromatic N) is 1. The van der Waals surface area contributed by atoms with Crippen LogP contribution in [0.3, 0.4) is 0 Å². The van der Waals surface area contributed by atoms with Crippen LogP contribution in [0.2, 0.25) is 5.02 Å². The molecule has 2 aliphatic rings. The smallest absolute Gasteiger partial charge is 0.347 e. The zero-order chi connectivity index (χ0) is 77.6. The van der Waals surface area contributed by atoms with Crippen LogP contribution in [0.25, 0.3) is 0 Å². The molecule has 32 heteroatoms. The zero-order valence-electron chi connectivity index (χ0n) is 60.8. The van der Waals surface area contributed by atoms with Crippen LogP contribution >= 0.6 is 11.6 Å². The van der Waals surface area contributed by atoms with Gasteiger partial charge in [-0.25, -0.2) is 4.79 Å². The van der Waals surface area contributed by atoms with Gasteiger partial charge in [-0.15, -0.1) is 0 Å². The number of methoxy groups -OCH3 is 2. The molecule has 580 valence electrons. The average molecular weight is 1510 g/mol. The molecule has 104 heavy (non-hydrogen) atoms. The third kappa shape index (κ3) is 30.0. The molecular formula is C72H105ClN6O24S. The molecule has 0 aliphatic carbocycles. The minimum Gasteiger partial charge on any atom is -0.495 e. The molecule has 2 saturated heterocycles. The van der Waals surface area contributed by atoms with E-state index in [1.807, 2.05) is 64.1 Å². The highest BCUT2D eigenvalue weighted by atomic mass is 35.5. The molecule has 2 heterocycles. The maximum absolute atomic E-state index is 14.4. The number of hydrogen-bond donors (Lipinski definition) is 9. The summed E-state index contributed by atoms with van der Waals surface area (Å²) in [6, 6.07) is 10.1. The fourth-order valence-corrected chi connectivity index (χ4v) is 12.0. The zero-order valence-corrected chi connectivity index (χ0v) is 62.4. The molecule has 0 spiro atoms. The van der Waals surface area contributed by atoms with Crippen LogP contribution in [0.5, 0.6) is 5.75 Å². The summed E-state index contributed by atoms with van der Waals surface area (Å²) in [6.07, 6.45) is -6.52. The standard InChI is InChI=1S/C72H105ClN6O24S/c1-12-14-15-53(100-69(92)55(35-42(3)4)102-71(93)72(8,9)40-76-68(91)50(77-41-80)37-46-19-24-54(97-10)49(73)36-46)44(7)66-67(103-66)47-20-16-45(17-21-47)18-23-51(81)48(22-25-58(84)75-39-56-63(88)64(89)65(90)70(98-11)101-56)38-52(82)62(43(5)6)78-59(85)28-31-79(32-29-61(87)99-33-13-2)60(86)27-26-57(83)74-30-34-104(94,95)96/h12-14,16-17,19-21,24,36,41-44,48,50,53,55-56,62-67,70,88-90H,2,15,18,22-23,25-35,37-40H2,1,3-11H3,(H,74,83)(H,75,84)(H,76,91)(H,77,80)(H,78,85)(H,94,95,96)/b14-12+/t44-,48+,50?,53-,55-,56+,62-,63+,64-,65+,66+,67+,70+/m0/s1. The van der Waals surface area contributed by atoms with E-state index in [1.54, 1.807) is 45.9 Å². The second kappa shape index (κ2) is 43.6. The fraction of sp³-hybridized carbons (Fsp3) is 0.625. The lowest BCUT2D eigenvalue weighted by Gasteiger charge is -2.39. The Hall–Kier alpha value is -7.75. The summed E-state index contributed by atoms with van der Waals surface area (Å²) in [5.41, 5.74) is 0.820. The third-order valence-electron chi connectivity index (χ3n) is 17.7. The van der Waals surface area contributed by atoms with E-state index in [9.17, 15) is 76.5 Å². The number of Topliss-reactive ketones (excluding diaryl/α,β-unsaturated/α-hetero) is 2. The Bertz CT molecular complexity index is 3370. The van der Waals surface area contributed by atoms with E-state index in [2.05, 4.69) is 33.2 Å². The Kier molecular flexibility index (Phi) is 37.2. The monoisotopic (exact) mass is 1500 g/mol.